The highest BCUT2D eigenvalue weighted by Crippen LogP contribution is 2.60. The lowest BCUT2D eigenvalue weighted by molar-refractivity contribution is -0.136. The summed E-state index contributed by atoms with van der Waals surface area (Å²) in [5.41, 5.74) is -2.91. The topological polar surface area (TPSA) is 88.8 Å². The highest BCUT2D eigenvalue weighted by atomic mass is 19.3. The highest BCUT2D eigenvalue weighted by Gasteiger charge is 2.74. The first kappa shape index (κ1) is 20.2. The third-order valence-electron chi connectivity index (χ3n) is 5.90. The molecule has 1 fully saturated rings. The van der Waals surface area contributed by atoms with E-state index in [0.717, 1.165) is 6.08 Å². The molecule has 0 aliphatic heterocycles. The molecule has 0 spiro atoms. The molecule has 1 saturated carbocycles. The molecule has 0 saturated heterocycles. The SMILES string of the molecule is Cc1c(CC(=O)O)c2c(n1C(=O)c1ccc(OC(F)F)cc1)=CC1(F)C(C=2)C1(C)O. The van der Waals surface area contributed by atoms with E-state index in [9.17, 15) is 28.6 Å². The number of nitrogens with zero attached hydrogens (tertiary/aromatic N) is 1. The van der Waals surface area contributed by atoms with Crippen LogP contribution in [0.25, 0.3) is 12.2 Å². The second-order valence-electron chi connectivity index (χ2n) is 7.68. The van der Waals surface area contributed by atoms with Crippen LogP contribution in [0.3, 0.4) is 0 Å². The number of ether oxygens (including phenoxy) is 1. The number of carboxylic acid groups (broad SMARTS) is 1. The molecule has 2 aliphatic carbocycles. The Hall–Kier alpha value is -3.07. The van der Waals surface area contributed by atoms with Crippen molar-refractivity contribution in [1.82, 2.24) is 4.57 Å². The molecule has 1 aromatic heterocycles. The molecular formula is C21H18F3NO5. The normalized spacial score (nSPS) is 26.3. The quantitative estimate of drug-likeness (QED) is 0.762. The Morgan fingerprint density at radius 1 is 1.27 bits per heavy atom. The summed E-state index contributed by atoms with van der Waals surface area (Å²) in [5.74, 6) is -2.66. The van der Waals surface area contributed by atoms with Crippen LogP contribution in [0.15, 0.2) is 24.3 Å². The molecule has 0 amide bonds. The lowest BCUT2D eigenvalue weighted by Crippen LogP contribution is -2.38. The molecule has 6 nitrogen and oxygen atoms in total. The van der Waals surface area contributed by atoms with Gasteiger partial charge in [0.25, 0.3) is 5.91 Å². The van der Waals surface area contributed by atoms with Crippen molar-refractivity contribution in [3.05, 3.63) is 51.7 Å². The van der Waals surface area contributed by atoms with E-state index in [1.807, 2.05) is 0 Å². The van der Waals surface area contributed by atoms with Crippen molar-refractivity contribution in [1.29, 1.82) is 0 Å². The van der Waals surface area contributed by atoms with Crippen molar-refractivity contribution in [2.75, 3.05) is 0 Å². The smallest absolute Gasteiger partial charge is 0.387 e. The fraction of sp³-hybridized carbons (Fsp3) is 0.333. The molecule has 4 rings (SSSR count). The van der Waals surface area contributed by atoms with E-state index in [1.165, 1.54) is 41.8 Å². The van der Waals surface area contributed by atoms with Gasteiger partial charge in [-0.1, -0.05) is 6.08 Å². The average molecular weight is 421 g/mol. The van der Waals surface area contributed by atoms with E-state index in [4.69, 9.17) is 0 Å². The number of aromatic nitrogens is 1. The first-order valence-corrected chi connectivity index (χ1v) is 9.15. The molecule has 3 atom stereocenters. The Balaban J connectivity index is 1.85. The van der Waals surface area contributed by atoms with E-state index in [-0.39, 0.29) is 23.1 Å². The van der Waals surface area contributed by atoms with Gasteiger partial charge in [-0.25, -0.2) is 4.39 Å². The fourth-order valence-electron chi connectivity index (χ4n) is 4.16. The molecular weight excluding hydrogens is 403 g/mol. The molecule has 30 heavy (non-hydrogen) atoms. The monoisotopic (exact) mass is 421 g/mol. The molecule has 0 bridgehead atoms. The third-order valence-corrected chi connectivity index (χ3v) is 5.90. The van der Waals surface area contributed by atoms with Gasteiger partial charge in [-0.15, -0.1) is 0 Å². The van der Waals surface area contributed by atoms with Gasteiger partial charge in [0, 0.05) is 16.5 Å². The van der Waals surface area contributed by atoms with Crippen molar-refractivity contribution in [2.45, 2.75) is 38.1 Å². The van der Waals surface area contributed by atoms with Gasteiger partial charge in [0.2, 0.25) is 0 Å². The number of hydrogen-bond donors (Lipinski definition) is 2. The van der Waals surface area contributed by atoms with Crippen molar-refractivity contribution in [3.63, 3.8) is 0 Å². The van der Waals surface area contributed by atoms with Gasteiger partial charge < -0.3 is 14.9 Å². The second-order valence-corrected chi connectivity index (χ2v) is 7.68. The standard InChI is InChI=1S/C21H18F3NO5/c1-10-13(8-17(26)27)14-7-16-20(2,29)21(16,24)9-15(14)25(10)18(28)11-3-5-12(6-4-11)30-19(22)23/h3-7,9,16,19,29H,8H2,1-2H3,(H,26,27). The minimum Gasteiger partial charge on any atom is -0.481 e. The fourth-order valence-corrected chi connectivity index (χ4v) is 4.16. The maximum atomic E-state index is 15.2. The van der Waals surface area contributed by atoms with Crippen LogP contribution in [0.4, 0.5) is 13.2 Å². The Labute approximate surface area is 168 Å². The molecule has 1 heterocycles. The second kappa shape index (κ2) is 6.46. The van der Waals surface area contributed by atoms with Gasteiger partial charge in [0.1, 0.15) is 11.4 Å². The van der Waals surface area contributed by atoms with E-state index < -0.39 is 35.7 Å². The van der Waals surface area contributed by atoms with E-state index >= 15 is 4.39 Å². The average Bonchev–Trinajstić information content (AvgIpc) is 2.95. The van der Waals surface area contributed by atoms with Crippen LogP contribution >= 0.6 is 0 Å². The number of alkyl halides is 3. The van der Waals surface area contributed by atoms with Crippen LogP contribution < -0.4 is 15.3 Å². The van der Waals surface area contributed by atoms with Crippen LogP contribution in [-0.4, -0.2) is 44.5 Å². The van der Waals surface area contributed by atoms with Gasteiger partial charge >= 0.3 is 12.6 Å². The van der Waals surface area contributed by atoms with E-state index in [1.54, 1.807) is 6.92 Å². The van der Waals surface area contributed by atoms with Crippen LogP contribution in [0.1, 0.15) is 28.5 Å². The van der Waals surface area contributed by atoms with E-state index in [2.05, 4.69) is 4.74 Å². The molecule has 158 valence electrons. The molecule has 2 aliphatic rings. The van der Waals surface area contributed by atoms with Gasteiger partial charge in [0.05, 0.1) is 17.7 Å². The lowest BCUT2D eigenvalue weighted by Gasteiger charge is -2.10. The molecule has 2 aromatic rings. The Kier molecular flexibility index (Phi) is 4.36. The summed E-state index contributed by atoms with van der Waals surface area (Å²) in [6.45, 7) is -0.109. The first-order chi connectivity index (χ1) is 14.0. The minimum atomic E-state index is -3.01. The summed E-state index contributed by atoms with van der Waals surface area (Å²) in [5, 5.41) is 20.1. The summed E-state index contributed by atoms with van der Waals surface area (Å²) in [4.78, 5) is 24.5. The van der Waals surface area contributed by atoms with E-state index in [0.29, 0.717) is 16.5 Å². The van der Waals surface area contributed by atoms with Crippen LogP contribution in [0.5, 0.6) is 5.75 Å². The molecule has 0 radical (unpaired) electrons. The zero-order chi connectivity index (χ0) is 22.0. The van der Waals surface area contributed by atoms with Crippen LogP contribution in [0.2, 0.25) is 0 Å². The van der Waals surface area contributed by atoms with Crippen molar-refractivity contribution >= 4 is 24.0 Å². The maximum absolute atomic E-state index is 15.2. The summed E-state index contributed by atoms with van der Waals surface area (Å²) in [7, 11) is 0. The predicted octanol–water partition coefficient (Wildman–Crippen LogP) is 1.38. The number of aliphatic carboxylic acids is 1. The first-order valence-electron chi connectivity index (χ1n) is 9.15. The molecule has 9 heteroatoms. The molecule has 1 aromatic carbocycles. The largest absolute Gasteiger partial charge is 0.481 e. The third kappa shape index (κ3) is 2.84. The summed E-state index contributed by atoms with van der Waals surface area (Å²) >= 11 is 0. The highest BCUT2D eigenvalue weighted by molar-refractivity contribution is 5.97. The molecule has 2 N–H and O–H groups in total. The number of hydrogen-bond acceptors (Lipinski definition) is 4. The zero-order valence-electron chi connectivity index (χ0n) is 16.0. The number of carbonyl (C=O) groups is 2. The van der Waals surface area contributed by atoms with Crippen LogP contribution in [-0.2, 0) is 11.2 Å². The number of halogens is 3. The van der Waals surface area contributed by atoms with Crippen molar-refractivity contribution in [2.24, 2.45) is 5.92 Å². The Morgan fingerprint density at radius 3 is 2.47 bits per heavy atom. The number of carboxylic acids is 1. The number of carbonyl (C=O) groups excluding carboxylic acids is 1. The maximum Gasteiger partial charge on any atom is 0.387 e. The Morgan fingerprint density at radius 2 is 1.90 bits per heavy atom. The zero-order valence-corrected chi connectivity index (χ0v) is 16.0. The summed E-state index contributed by atoms with van der Waals surface area (Å²) in [6, 6.07) is 4.99. The van der Waals surface area contributed by atoms with Crippen molar-refractivity contribution < 1.29 is 37.7 Å². The minimum absolute atomic E-state index is 0.116. The number of benzene rings is 1. The number of fused-ring (bicyclic) bond motifs is 2. The van der Waals surface area contributed by atoms with Gasteiger partial charge in [-0.3, -0.25) is 14.2 Å². The summed E-state index contributed by atoms with van der Waals surface area (Å²) in [6.07, 6.45) is 2.26. The van der Waals surface area contributed by atoms with Gasteiger partial charge in [0.15, 0.2) is 5.67 Å². The van der Waals surface area contributed by atoms with Crippen LogP contribution in [0, 0.1) is 12.8 Å². The number of aliphatic hydroxyl groups is 1. The number of rotatable bonds is 5. The lowest BCUT2D eigenvalue weighted by atomic mass is 10.1. The molecule has 3 unspecified atom stereocenters. The Bertz CT molecular complexity index is 1180. The van der Waals surface area contributed by atoms with Gasteiger partial charge in [-0.2, -0.15) is 8.78 Å². The summed E-state index contributed by atoms with van der Waals surface area (Å²) < 4.78 is 45.3. The predicted molar refractivity (Wildman–Crippen MR) is 99.4 cm³/mol. The van der Waals surface area contributed by atoms with Crippen molar-refractivity contribution in [3.8, 4) is 5.75 Å². The van der Waals surface area contributed by atoms with Gasteiger partial charge in [-0.05, 0) is 49.8 Å².